The lowest BCUT2D eigenvalue weighted by Gasteiger charge is -2.41. The molecule has 2 aliphatic heterocycles. The van der Waals surface area contributed by atoms with Crippen LogP contribution in [0.4, 0.5) is 0 Å². The van der Waals surface area contributed by atoms with Gasteiger partial charge in [-0.05, 0) is 23.6 Å². The summed E-state index contributed by atoms with van der Waals surface area (Å²) in [6, 6.07) is 11.3. The van der Waals surface area contributed by atoms with Crippen LogP contribution in [0.25, 0.3) is 0 Å². The topological polar surface area (TPSA) is 145 Å². The van der Waals surface area contributed by atoms with Gasteiger partial charge in [-0.15, -0.1) is 0 Å². The minimum atomic E-state index is -3.13. The van der Waals surface area contributed by atoms with E-state index >= 15 is 0 Å². The van der Waals surface area contributed by atoms with Gasteiger partial charge in [0.25, 0.3) is 0 Å². The molecule has 31 heavy (non-hydrogen) atoms. The molecule has 1 amide bonds. The summed E-state index contributed by atoms with van der Waals surface area (Å²) < 4.78 is 10.9. The normalized spacial score (nSPS) is 18.0. The third-order valence-corrected chi connectivity index (χ3v) is 5.38. The number of hydrogen-bond donors (Lipinski definition) is 3. The van der Waals surface area contributed by atoms with Gasteiger partial charge in [0.1, 0.15) is 17.9 Å². The van der Waals surface area contributed by atoms with Crippen molar-refractivity contribution < 1.29 is 34.1 Å². The van der Waals surface area contributed by atoms with Crippen LogP contribution in [0.15, 0.2) is 42.5 Å². The number of carboxylic acids is 1. The summed E-state index contributed by atoms with van der Waals surface area (Å²) >= 11 is 0. The van der Waals surface area contributed by atoms with Crippen LogP contribution >= 0.6 is 0 Å². The Morgan fingerprint density at radius 2 is 1.87 bits per heavy atom. The van der Waals surface area contributed by atoms with Gasteiger partial charge in [0.15, 0.2) is 0 Å². The molecule has 1 atom stereocenters. The fourth-order valence-corrected chi connectivity index (χ4v) is 3.69. The van der Waals surface area contributed by atoms with Gasteiger partial charge in [0, 0.05) is 0 Å². The molecule has 9 nitrogen and oxygen atoms in total. The Labute approximate surface area is 180 Å². The zero-order chi connectivity index (χ0) is 21.5. The third kappa shape index (κ3) is 4.51. The van der Waals surface area contributed by atoms with E-state index in [2.05, 4.69) is 0 Å². The van der Waals surface area contributed by atoms with Gasteiger partial charge in [-0.3, -0.25) is 4.79 Å². The molecular formula is C21H25BN2O7-2. The maximum absolute atomic E-state index is 12.5. The number of carbonyl (C=O) groups excluding carboxylic acids is 2. The van der Waals surface area contributed by atoms with E-state index < -0.39 is 24.9 Å². The molecule has 4 rings (SSSR count). The molecule has 1 saturated heterocycles. The highest BCUT2D eigenvalue weighted by Gasteiger charge is 2.36. The predicted octanol–water partition coefficient (Wildman–Crippen LogP) is -0.166. The Bertz CT molecular complexity index is 977. The van der Waals surface area contributed by atoms with Crippen LogP contribution in [0.5, 0.6) is 11.5 Å². The van der Waals surface area contributed by atoms with Gasteiger partial charge >= 0.3 is 6.75 Å². The Morgan fingerprint density at radius 3 is 2.52 bits per heavy atom. The zero-order valence-corrected chi connectivity index (χ0v) is 16.1. The number of aryl methyl sites for hydroxylation is 1. The molecule has 2 heterocycles. The highest BCUT2D eigenvalue weighted by atomic mass is 16.6. The van der Waals surface area contributed by atoms with Crippen LogP contribution in [-0.2, 0) is 11.2 Å². The number of ether oxygens (including phenoxy) is 1. The summed E-state index contributed by atoms with van der Waals surface area (Å²) in [5, 5.41) is 31.3. The molecule has 2 aliphatic rings. The first-order valence-corrected chi connectivity index (χ1v) is 9.67. The lowest BCUT2D eigenvalue weighted by molar-refractivity contribution is -0.255. The van der Waals surface area contributed by atoms with Crippen molar-refractivity contribution in [2.75, 3.05) is 13.1 Å². The number of fused-ring (bicyclic) bond motifs is 1. The van der Waals surface area contributed by atoms with Crippen molar-refractivity contribution in [3.63, 3.8) is 0 Å². The molecule has 4 N–H and O–H groups in total. The molecule has 166 valence electrons. The highest BCUT2D eigenvalue weighted by molar-refractivity contribution is 6.59. The molecule has 0 bridgehead atoms. The third-order valence-electron chi connectivity index (χ3n) is 5.38. The summed E-state index contributed by atoms with van der Waals surface area (Å²) in [6.07, 6.45) is -0.206. The zero-order valence-electron chi connectivity index (χ0n) is 16.1. The number of nitrogens with zero attached hydrogens (tertiary/aromatic N) is 1. The summed E-state index contributed by atoms with van der Waals surface area (Å²) in [6.45, 7) is -2.64. The smallest absolute Gasteiger partial charge is 0.430 e. The van der Waals surface area contributed by atoms with Crippen molar-refractivity contribution in [2.24, 2.45) is 5.73 Å². The summed E-state index contributed by atoms with van der Waals surface area (Å²) in [4.78, 5) is 25.8. The van der Waals surface area contributed by atoms with Gasteiger partial charge in [0.2, 0.25) is 5.91 Å². The van der Waals surface area contributed by atoms with Crippen molar-refractivity contribution in [2.45, 2.75) is 32.3 Å². The van der Waals surface area contributed by atoms with E-state index in [1.54, 1.807) is 30.3 Å². The Hall–Kier alpha value is -3.08. The number of likely N-dealkylation sites (tertiary alicyclic amines) is 1. The van der Waals surface area contributed by atoms with Crippen molar-refractivity contribution >= 4 is 18.6 Å². The van der Waals surface area contributed by atoms with E-state index in [0.29, 0.717) is 11.1 Å². The van der Waals surface area contributed by atoms with E-state index in [1.165, 1.54) is 11.0 Å². The summed E-state index contributed by atoms with van der Waals surface area (Å²) in [5.74, 6) is -1.95. The van der Waals surface area contributed by atoms with Gasteiger partial charge in [-0.2, -0.15) is 0 Å². The van der Waals surface area contributed by atoms with Crippen molar-refractivity contribution in [1.82, 2.24) is 4.90 Å². The second-order valence-electron chi connectivity index (χ2n) is 7.60. The van der Waals surface area contributed by atoms with Crippen LogP contribution < -0.4 is 20.2 Å². The van der Waals surface area contributed by atoms with Crippen LogP contribution in [0.3, 0.4) is 0 Å². The lowest BCUT2D eigenvalue weighted by atomic mass is 9.70. The molecule has 10 heteroatoms. The Balaban J connectivity index is 0.00000272. The van der Waals surface area contributed by atoms with Crippen LogP contribution in [-0.4, -0.2) is 52.8 Å². The van der Waals surface area contributed by atoms with Crippen LogP contribution in [0.1, 0.15) is 35.0 Å². The lowest BCUT2D eigenvalue weighted by Crippen LogP contribution is -2.58. The minimum absolute atomic E-state index is 0. The second kappa shape index (κ2) is 8.58. The molecule has 0 radical (unpaired) electrons. The summed E-state index contributed by atoms with van der Waals surface area (Å²) in [7, 11) is 0. The first-order chi connectivity index (χ1) is 14.2. The maximum atomic E-state index is 12.5. The van der Waals surface area contributed by atoms with E-state index in [0.717, 1.165) is 0 Å². The number of carbonyl (C=O) groups is 2. The van der Waals surface area contributed by atoms with Gasteiger partial charge < -0.3 is 40.0 Å². The average Bonchev–Trinajstić information content (AvgIpc) is 2.68. The van der Waals surface area contributed by atoms with E-state index in [1.807, 2.05) is 6.07 Å². The Kier molecular flexibility index (Phi) is 6.26. The van der Waals surface area contributed by atoms with Crippen molar-refractivity contribution in [3.05, 3.63) is 59.2 Å². The molecule has 2 aromatic carbocycles. The largest absolute Gasteiger partial charge is 0.669 e. The monoisotopic (exact) mass is 428 g/mol. The van der Waals surface area contributed by atoms with Crippen LogP contribution in [0.2, 0.25) is 6.32 Å². The number of rotatable bonds is 5. The van der Waals surface area contributed by atoms with E-state index in [4.69, 9.17) is 15.1 Å². The first-order valence-electron chi connectivity index (χ1n) is 9.67. The Morgan fingerprint density at radius 1 is 1.19 bits per heavy atom. The van der Waals surface area contributed by atoms with Crippen molar-refractivity contribution in [1.29, 1.82) is 0 Å². The standard InChI is InChI=1S/C20H22BN2O7.CH4/c22-17(12-4-2-1-3-5-12)19(24)23-10-14(11-23)29-15-7-6-13-8-9-21(27,28)30-18(13)16(15)20(25)26;/h1-7,14,17,27-28H,8-11,22H2,(H,25,26);1H4/q-1;/p-1/t17-;/m0./s1. The molecular weight excluding hydrogens is 403 g/mol. The van der Waals surface area contributed by atoms with Gasteiger partial charge in [-0.1, -0.05) is 50.1 Å². The fraction of sp³-hybridized carbons (Fsp3) is 0.333. The predicted molar refractivity (Wildman–Crippen MR) is 111 cm³/mol. The summed E-state index contributed by atoms with van der Waals surface area (Å²) in [5.41, 5.74) is 6.90. The minimum Gasteiger partial charge on any atom is -0.669 e. The highest BCUT2D eigenvalue weighted by Crippen LogP contribution is 2.38. The second-order valence-corrected chi connectivity index (χ2v) is 7.60. The molecule has 0 unspecified atom stereocenters. The first kappa shape index (κ1) is 22.6. The van der Waals surface area contributed by atoms with Crippen molar-refractivity contribution in [3.8, 4) is 11.5 Å². The number of hydrogen-bond acceptors (Lipinski definition) is 8. The number of benzene rings is 2. The molecule has 0 aliphatic carbocycles. The van der Waals surface area contributed by atoms with E-state index in [9.17, 15) is 24.7 Å². The molecule has 0 saturated carbocycles. The van der Waals surface area contributed by atoms with Crippen LogP contribution in [0, 0.1) is 0 Å². The quantitative estimate of drug-likeness (QED) is 0.557. The number of nitrogens with two attached hydrogens (primary N) is 1. The van der Waals surface area contributed by atoms with E-state index in [-0.39, 0.29) is 56.2 Å². The number of amides is 1. The molecule has 0 spiro atoms. The fourth-order valence-electron chi connectivity index (χ4n) is 3.69. The number of carboxylic acid groups (broad SMARTS) is 1. The van der Waals surface area contributed by atoms with Gasteiger partial charge in [-0.25, -0.2) is 0 Å². The van der Waals surface area contributed by atoms with Gasteiger partial charge in [0.05, 0.1) is 30.4 Å². The SMILES string of the molecule is C.N[C@H](C(=O)N1CC(Oc2ccc3c(c2C(=O)[O-])O[B-](O)(O)CC3)C1)c1ccccc1. The average molecular weight is 428 g/mol. The maximum Gasteiger partial charge on any atom is 0.430 e. The number of aromatic carboxylic acids is 1. The molecule has 2 aromatic rings. The molecule has 0 aromatic heterocycles. The molecule has 1 fully saturated rings.